The van der Waals surface area contributed by atoms with E-state index >= 15 is 0 Å². The number of carbonyl (C=O) groups is 1. The first-order valence-corrected chi connectivity index (χ1v) is 11.4. The first-order chi connectivity index (χ1) is 12.4. The van der Waals surface area contributed by atoms with Crippen LogP contribution in [-0.2, 0) is 14.8 Å². The molecule has 1 saturated carbocycles. The normalized spacial score (nSPS) is 27.0. The van der Waals surface area contributed by atoms with Crippen LogP contribution in [0, 0.1) is 5.41 Å². The summed E-state index contributed by atoms with van der Waals surface area (Å²) in [4.78, 5) is 15.2. The third-order valence-corrected chi connectivity index (χ3v) is 8.34. The number of piperidine rings is 2. The van der Waals surface area contributed by atoms with Gasteiger partial charge in [-0.3, -0.25) is 4.79 Å². The lowest BCUT2D eigenvalue weighted by atomic mass is 9.68. The van der Waals surface area contributed by atoms with E-state index < -0.39 is 10.0 Å². The standard InChI is InChI=1S/C20H28N2O3S/c1-2-26(24,25)21-12-10-20(11-13-21)14-18(16-6-4-3-5-7-16)19(23)22(15-20)17-8-9-17/h3-7,17-18H,2,8-15H2,1H3/t18-/m1/s1. The van der Waals surface area contributed by atoms with Gasteiger partial charge in [0.1, 0.15) is 0 Å². The molecule has 1 aromatic rings. The maximum Gasteiger partial charge on any atom is 0.230 e. The molecule has 2 heterocycles. The van der Waals surface area contributed by atoms with Crippen molar-refractivity contribution in [3.63, 3.8) is 0 Å². The molecular formula is C20H28N2O3S. The van der Waals surface area contributed by atoms with Crippen molar-refractivity contribution < 1.29 is 13.2 Å². The zero-order chi connectivity index (χ0) is 18.4. The molecule has 1 aromatic carbocycles. The second kappa shape index (κ2) is 6.64. The van der Waals surface area contributed by atoms with Gasteiger partial charge in [-0.1, -0.05) is 30.3 Å². The molecule has 0 aromatic heterocycles. The summed E-state index contributed by atoms with van der Waals surface area (Å²) in [6.07, 6.45) is 4.77. The second-order valence-electron chi connectivity index (χ2n) is 8.16. The molecule has 142 valence electrons. The Morgan fingerprint density at radius 1 is 1.12 bits per heavy atom. The summed E-state index contributed by atoms with van der Waals surface area (Å²) < 4.78 is 26.1. The molecule has 6 heteroatoms. The predicted molar refractivity (Wildman–Crippen MR) is 101 cm³/mol. The van der Waals surface area contributed by atoms with Crippen LogP contribution < -0.4 is 0 Å². The second-order valence-corrected chi connectivity index (χ2v) is 10.4. The first-order valence-electron chi connectivity index (χ1n) is 9.77. The van der Waals surface area contributed by atoms with E-state index in [0.717, 1.165) is 44.2 Å². The Bertz CT molecular complexity index is 766. The molecule has 1 amide bonds. The average Bonchev–Trinajstić information content (AvgIpc) is 3.50. The molecule has 1 atom stereocenters. The van der Waals surface area contributed by atoms with E-state index in [9.17, 15) is 13.2 Å². The van der Waals surface area contributed by atoms with Crippen molar-refractivity contribution in [2.45, 2.75) is 51.0 Å². The molecule has 0 radical (unpaired) electrons. The minimum Gasteiger partial charge on any atom is -0.339 e. The van der Waals surface area contributed by atoms with Gasteiger partial charge in [-0.25, -0.2) is 12.7 Å². The van der Waals surface area contributed by atoms with Gasteiger partial charge in [0, 0.05) is 25.7 Å². The zero-order valence-corrected chi connectivity index (χ0v) is 16.2. The molecule has 2 saturated heterocycles. The van der Waals surface area contributed by atoms with Crippen molar-refractivity contribution in [2.24, 2.45) is 5.41 Å². The van der Waals surface area contributed by atoms with E-state index in [1.807, 2.05) is 18.2 Å². The monoisotopic (exact) mass is 376 g/mol. The molecule has 5 nitrogen and oxygen atoms in total. The predicted octanol–water partition coefficient (Wildman–Crippen LogP) is 2.60. The van der Waals surface area contributed by atoms with Gasteiger partial charge >= 0.3 is 0 Å². The van der Waals surface area contributed by atoms with Gasteiger partial charge in [-0.15, -0.1) is 0 Å². The van der Waals surface area contributed by atoms with Crippen LogP contribution >= 0.6 is 0 Å². The molecule has 4 rings (SSSR count). The number of benzene rings is 1. The van der Waals surface area contributed by atoms with Crippen LogP contribution in [0.25, 0.3) is 0 Å². The molecule has 0 N–H and O–H groups in total. The fraction of sp³-hybridized carbons (Fsp3) is 0.650. The van der Waals surface area contributed by atoms with Crippen LogP contribution in [0.5, 0.6) is 0 Å². The van der Waals surface area contributed by atoms with Crippen LogP contribution in [-0.4, -0.2) is 55.0 Å². The number of hydrogen-bond acceptors (Lipinski definition) is 3. The maximum absolute atomic E-state index is 13.1. The highest BCUT2D eigenvalue weighted by molar-refractivity contribution is 7.89. The molecule has 3 aliphatic rings. The lowest BCUT2D eigenvalue weighted by Gasteiger charge is -2.49. The molecular weight excluding hydrogens is 348 g/mol. The Hall–Kier alpha value is -1.40. The molecule has 1 aliphatic carbocycles. The fourth-order valence-electron chi connectivity index (χ4n) is 4.65. The molecule has 1 spiro atoms. The Kier molecular flexibility index (Phi) is 4.59. The van der Waals surface area contributed by atoms with Gasteiger partial charge in [-0.05, 0) is 50.0 Å². The van der Waals surface area contributed by atoms with Gasteiger partial charge in [0.15, 0.2) is 0 Å². The highest BCUT2D eigenvalue weighted by Gasteiger charge is 2.50. The van der Waals surface area contributed by atoms with Crippen molar-refractivity contribution in [1.29, 1.82) is 0 Å². The number of hydrogen-bond donors (Lipinski definition) is 0. The number of amides is 1. The van der Waals surface area contributed by atoms with Gasteiger partial charge < -0.3 is 4.90 Å². The van der Waals surface area contributed by atoms with E-state index in [4.69, 9.17) is 0 Å². The number of nitrogens with zero attached hydrogens (tertiary/aromatic N) is 2. The number of carbonyl (C=O) groups excluding carboxylic acids is 1. The van der Waals surface area contributed by atoms with Crippen molar-refractivity contribution in [1.82, 2.24) is 9.21 Å². The maximum atomic E-state index is 13.1. The average molecular weight is 377 g/mol. The summed E-state index contributed by atoms with van der Waals surface area (Å²) in [5, 5.41) is 0. The van der Waals surface area contributed by atoms with E-state index in [0.29, 0.717) is 19.1 Å². The summed E-state index contributed by atoms with van der Waals surface area (Å²) in [6.45, 7) is 3.69. The summed E-state index contributed by atoms with van der Waals surface area (Å²) in [6, 6.07) is 10.5. The Morgan fingerprint density at radius 3 is 2.35 bits per heavy atom. The van der Waals surface area contributed by atoms with E-state index in [1.54, 1.807) is 11.2 Å². The fourth-order valence-corrected chi connectivity index (χ4v) is 5.75. The quantitative estimate of drug-likeness (QED) is 0.812. The summed E-state index contributed by atoms with van der Waals surface area (Å²) in [7, 11) is -3.12. The molecule has 26 heavy (non-hydrogen) atoms. The minimum atomic E-state index is -3.12. The van der Waals surface area contributed by atoms with Crippen molar-refractivity contribution in [3.8, 4) is 0 Å². The van der Waals surface area contributed by atoms with Crippen molar-refractivity contribution >= 4 is 15.9 Å². The third kappa shape index (κ3) is 3.29. The van der Waals surface area contributed by atoms with Crippen molar-refractivity contribution in [2.75, 3.05) is 25.4 Å². The van der Waals surface area contributed by atoms with Gasteiger partial charge in [0.05, 0.1) is 11.7 Å². The zero-order valence-electron chi connectivity index (χ0n) is 15.4. The number of likely N-dealkylation sites (tertiary alicyclic amines) is 1. The lowest BCUT2D eigenvalue weighted by Crippen LogP contribution is -2.55. The van der Waals surface area contributed by atoms with Gasteiger partial charge in [-0.2, -0.15) is 0 Å². The largest absolute Gasteiger partial charge is 0.339 e. The lowest BCUT2D eigenvalue weighted by molar-refractivity contribution is -0.142. The smallest absolute Gasteiger partial charge is 0.230 e. The summed E-state index contributed by atoms with van der Waals surface area (Å²) in [5.41, 5.74) is 1.15. The first kappa shape index (κ1) is 18.0. The van der Waals surface area contributed by atoms with Crippen LogP contribution in [0.1, 0.15) is 50.5 Å². The van der Waals surface area contributed by atoms with Crippen molar-refractivity contribution in [3.05, 3.63) is 35.9 Å². The molecule has 0 bridgehead atoms. The minimum absolute atomic E-state index is 0.0524. The highest BCUT2D eigenvalue weighted by atomic mass is 32.2. The van der Waals surface area contributed by atoms with Crippen LogP contribution in [0.15, 0.2) is 30.3 Å². The Balaban J connectivity index is 1.58. The van der Waals surface area contributed by atoms with Gasteiger partial charge in [0.2, 0.25) is 15.9 Å². The SMILES string of the molecule is CCS(=O)(=O)N1CCC2(CC1)C[C@H](c1ccccc1)C(=O)N(C1CC1)C2. The van der Waals surface area contributed by atoms with Gasteiger partial charge in [0.25, 0.3) is 0 Å². The van der Waals surface area contributed by atoms with E-state index in [1.165, 1.54) is 0 Å². The molecule has 2 aliphatic heterocycles. The van der Waals surface area contributed by atoms with E-state index in [-0.39, 0.29) is 23.0 Å². The highest BCUT2D eigenvalue weighted by Crippen LogP contribution is 2.48. The van der Waals surface area contributed by atoms with Crippen LogP contribution in [0.2, 0.25) is 0 Å². The molecule has 0 unspecified atom stereocenters. The third-order valence-electron chi connectivity index (χ3n) is 6.45. The number of rotatable bonds is 4. The van der Waals surface area contributed by atoms with Crippen LogP contribution in [0.4, 0.5) is 0 Å². The van der Waals surface area contributed by atoms with Crippen LogP contribution in [0.3, 0.4) is 0 Å². The topological polar surface area (TPSA) is 57.7 Å². The Labute approximate surface area is 156 Å². The molecule has 3 fully saturated rings. The Morgan fingerprint density at radius 2 is 1.77 bits per heavy atom. The summed E-state index contributed by atoms with van der Waals surface area (Å²) >= 11 is 0. The summed E-state index contributed by atoms with van der Waals surface area (Å²) in [5.74, 6) is 0.354. The van der Waals surface area contributed by atoms with E-state index in [2.05, 4.69) is 17.0 Å². The number of sulfonamides is 1.